The first kappa shape index (κ1) is 33.2. The molecular formula is C32H37ClF2N7O4+. The number of aliphatic imine (C=N–C) groups is 1. The summed E-state index contributed by atoms with van der Waals surface area (Å²) >= 11 is 6.47. The fourth-order valence-corrected chi connectivity index (χ4v) is 6.25. The van der Waals surface area contributed by atoms with Crippen molar-refractivity contribution in [3.8, 4) is 17.0 Å². The van der Waals surface area contributed by atoms with Gasteiger partial charge in [0, 0.05) is 55.9 Å². The Bertz CT molecular complexity index is 1680. The minimum Gasteiger partial charge on any atom is -0.475 e. The molecule has 3 aromatic rings. The van der Waals surface area contributed by atoms with Gasteiger partial charge in [-0.05, 0) is 43.2 Å². The van der Waals surface area contributed by atoms with E-state index in [1.807, 2.05) is 0 Å². The summed E-state index contributed by atoms with van der Waals surface area (Å²) in [6.45, 7) is 2.53. The maximum absolute atomic E-state index is 14.7. The molecule has 2 aliphatic heterocycles. The number of halogens is 3. The number of imidazole rings is 1. The van der Waals surface area contributed by atoms with Gasteiger partial charge in [-0.25, -0.2) is 14.4 Å². The molecular weight excluding hydrogens is 620 g/mol. The summed E-state index contributed by atoms with van der Waals surface area (Å²) in [6, 6.07) is 7.07. The predicted octanol–water partition coefficient (Wildman–Crippen LogP) is 4.11. The second-order valence-corrected chi connectivity index (χ2v) is 12.7. The highest BCUT2D eigenvalue weighted by Gasteiger charge is 2.31. The highest BCUT2D eigenvalue weighted by molar-refractivity contribution is 6.34. The van der Waals surface area contributed by atoms with E-state index in [-0.39, 0.29) is 57.9 Å². The van der Waals surface area contributed by atoms with Crippen LogP contribution in [0.15, 0.2) is 41.5 Å². The molecule has 5 rings (SSSR count). The smallest absolute Gasteiger partial charge is 0.291 e. The first-order valence-corrected chi connectivity index (χ1v) is 15.4. The summed E-state index contributed by atoms with van der Waals surface area (Å²) in [7, 11) is 5.84. The van der Waals surface area contributed by atoms with E-state index in [1.165, 1.54) is 42.1 Å². The van der Waals surface area contributed by atoms with Gasteiger partial charge in [0.05, 0.1) is 49.7 Å². The molecule has 1 aromatic heterocycles. The zero-order chi connectivity index (χ0) is 33.2. The number of nitrogens with one attached hydrogen (secondary N) is 1. The molecule has 244 valence electrons. The number of piperidine rings is 1. The van der Waals surface area contributed by atoms with Crippen molar-refractivity contribution in [3.05, 3.63) is 64.6 Å². The Morgan fingerprint density at radius 3 is 2.54 bits per heavy atom. The number of aromatic nitrogens is 2. The second-order valence-electron chi connectivity index (χ2n) is 12.3. The summed E-state index contributed by atoms with van der Waals surface area (Å²) in [5.74, 6) is -3.70. The molecule has 0 spiro atoms. The number of rotatable bonds is 8. The molecule has 2 fully saturated rings. The van der Waals surface area contributed by atoms with Crippen molar-refractivity contribution >= 4 is 41.2 Å². The van der Waals surface area contributed by atoms with Crippen LogP contribution in [0, 0.1) is 23.5 Å². The van der Waals surface area contributed by atoms with Crippen molar-refractivity contribution < 1.29 is 32.4 Å². The van der Waals surface area contributed by atoms with Gasteiger partial charge in [-0.2, -0.15) is 4.39 Å². The van der Waals surface area contributed by atoms with Crippen LogP contribution in [-0.2, 0) is 11.8 Å². The van der Waals surface area contributed by atoms with Gasteiger partial charge >= 0.3 is 0 Å². The van der Waals surface area contributed by atoms with Gasteiger partial charge in [0.1, 0.15) is 6.73 Å². The minimum atomic E-state index is -1.20. The summed E-state index contributed by atoms with van der Waals surface area (Å²) in [5, 5.41) is 2.81. The highest BCUT2D eigenvalue weighted by Crippen LogP contribution is 2.31. The third kappa shape index (κ3) is 7.11. The van der Waals surface area contributed by atoms with Gasteiger partial charge in [-0.15, -0.1) is 0 Å². The molecule has 0 unspecified atom stereocenters. The number of carbonyl (C=O) groups is 3. The van der Waals surface area contributed by atoms with E-state index in [9.17, 15) is 23.2 Å². The number of quaternary nitrogens is 1. The molecule has 2 aliphatic rings. The second kappa shape index (κ2) is 13.7. The SMILES string of the molecule is Cn1c(-c2ccc(OCN)c(F)c2F)cnc1C(=O)Nc1ccc(C(=O)N2CCC(C(=O)N=C[C@H]3CC[N+](C)(C)C3)CC2)c(Cl)c1. The number of benzene rings is 2. The Morgan fingerprint density at radius 1 is 1.15 bits per heavy atom. The van der Waals surface area contributed by atoms with Crippen LogP contribution in [0.5, 0.6) is 5.75 Å². The number of carbonyl (C=O) groups excluding carboxylic acids is 3. The number of anilines is 1. The van der Waals surface area contributed by atoms with E-state index in [0.29, 0.717) is 37.5 Å². The number of nitrogens with two attached hydrogens (primary N) is 1. The third-order valence-electron chi connectivity index (χ3n) is 8.59. The van der Waals surface area contributed by atoms with E-state index in [1.54, 1.807) is 17.2 Å². The van der Waals surface area contributed by atoms with Crippen LogP contribution in [0.1, 0.15) is 40.2 Å². The van der Waals surface area contributed by atoms with Crippen molar-refractivity contribution in [1.82, 2.24) is 14.5 Å². The zero-order valence-corrected chi connectivity index (χ0v) is 26.7. The van der Waals surface area contributed by atoms with E-state index in [4.69, 9.17) is 22.1 Å². The van der Waals surface area contributed by atoms with Crippen LogP contribution in [0.25, 0.3) is 11.3 Å². The largest absolute Gasteiger partial charge is 0.475 e. The molecule has 3 amide bonds. The first-order valence-electron chi connectivity index (χ1n) is 15.0. The number of hydrogen-bond donors (Lipinski definition) is 2. The Morgan fingerprint density at radius 2 is 1.89 bits per heavy atom. The molecule has 0 radical (unpaired) electrons. The van der Waals surface area contributed by atoms with Gasteiger partial charge in [-0.3, -0.25) is 20.1 Å². The third-order valence-corrected chi connectivity index (χ3v) is 8.90. The van der Waals surface area contributed by atoms with Gasteiger partial charge < -0.3 is 24.0 Å². The van der Waals surface area contributed by atoms with Crippen LogP contribution >= 0.6 is 11.6 Å². The summed E-state index contributed by atoms with van der Waals surface area (Å²) in [5.41, 5.74) is 5.87. The number of likely N-dealkylation sites (tertiary alicyclic amines) is 2. The average molecular weight is 657 g/mol. The molecule has 0 bridgehead atoms. The van der Waals surface area contributed by atoms with Crippen LogP contribution < -0.4 is 15.8 Å². The molecule has 1 atom stereocenters. The lowest BCUT2D eigenvalue weighted by molar-refractivity contribution is -0.878. The number of ether oxygens (including phenoxy) is 1. The fourth-order valence-electron chi connectivity index (χ4n) is 5.99. The molecule has 14 heteroatoms. The van der Waals surface area contributed by atoms with Gasteiger partial charge in [-0.1, -0.05) is 11.6 Å². The van der Waals surface area contributed by atoms with Crippen LogP contribution in [-0.4, -0.2) is 89.9 Å². The predicted molar refractivity (Wildman–Crippen MR) is 170 cm³/mol. The highest BCUT2D eigenvalue weighted by atomic mass is 35.5. The minimum absolute atomic E-state index is 0.0682. The van der Waals surface area contributed by atoms with Crippen molar-refractivity contribution in [2.45, 2.75) is 19.3 Å². The van der Waals surface area contributed by atoms with E-state index in [0.717, 1.165) is 24.0 Å². The van der Waals surface area contributed by atoms with E-state index >= 15 is 0 Å². The molecule has 11 nitrogen and oxygen atoms in total. The van der Waals surface area contributed by atoms with Gasteiger partial charge in [0.15, 0.2) is 17.4 Å². The van der Waals surface area contributed by atoms with Crippen molar-refractivity contribution in [3.63, 3.8) is 0 Å². The molecule has 3 heterocycles. The van der Waals surface area contributed by atoms with Gasteiger partial charge in [0.25, 0.3) is 11.8 Å². The molecule has 2 aromatic carbocycles. The Labute approximate surface area is 270 Å². The van der Waals surface area contributed by atoms with Crippen LogP contribution in [0.2, 0.25) is 5.02 Å². The maximum Gasteiger partial charge on any atom is 0.291 e. The molecule has 0 aliphatic carbocycles. The maximum atomic E-state index is 14.7. The van der Waals surface area contributed by atoms with Crippen molar-refractivity contribution in [2.75, 3.05) is 52.3 Å². The fraction of sp³-hybridized carbons (Fsp3) is 0.406. The number of hydrogen-bond acceptors (Lipinski definition) is 6. The molecule has 3 N–H and O–H groups in total. The summed E-state index contributed by atoms with van der Waals surface area (Å²) in [6.07, 6.45) is 5.12. The molecule has 46 heavy (non-hydrogen) atoms. The summed E-state index contributed by atoms with van der Waals surface area (Å²) in [4.78, 5) is 49.0. The normalized spacial score (nSPS) is 18.2. The number of nitrogens with zero attached hydrogens (tertiary/aromatic N) is 5. The first-order chi connectivity index (χ1) is 21.9. The Hall–Kier alpha value is -4.20. The average Bonchev–Trinajstić information content (AvgIpc) is 3.59. The Balaban J connectivity index is 1.18. The van der Waals surface area contributed by atoms with Crippen LogP contribution in [0.3, 0.4) is 0 Å². The van der Waals surface area contributed by atoms with Gasteiger partial charge in [0.2, 0.25) is 11.7 Å². The van der Waals surface area contributed by atoms with Crippen molar-refractivity contribution in [2.24, 2.45) is 29.6 Å². The quantitative estimate of drug-likeness (QED) is 0.213. The standard InChI is InChI=1S/C32H36ClF2N7O4/c1-40-25(23-6-7-26(46-18-36)28(35)27(23)34)16-37-29(40)31(44)39-21-4-5-22(24(33)14-21)32(45)41-11-8-20(9-12-41)30(43)38-15-19-10-13-42(2,3)17-19/h4-7,14-16,19-20H,8-13,17-18,36H2,1-3H3/p+1/t19-/m1/s1. The lowest BCUT2D eigenvalue weighted by atomic mass is 9.95. The zero-order valence-electron chi connectivity index (χ0n) is 25.9. The molecule has 2 saturated heterocycles. The van der Waals surface area contributed by atoms with Crippen LogP contribution in [0.4, 0.5) is 14.5 Å². The Kier molecular flexibility index (Phi) is 9.85. The topological polar surface area (TPSA) is 132 Å². The van der Waals surface area contributed by atoms with Crippen molar-refractivity contribution in [1.29, 1.82) is 0 Å². The van der Waals surface area contributed by atoms with E-state index < -0.39 is 17.5 Å². The summed E-state index contributed by atoms with van der Waals surface area (Å²) < 4.78 is 36.3. The lowest BCUT2D eigenvalue weighted by Crippen LogP contribution is -2.40. The number of amides is 3. The monoisotopic (exact) mass is 656 g/mol. The van der Waals surface area contributed by atoms with E-state index in [2.05, 4.69) is 29.4 Å². The molecule has 0 saturated carbocycles. The lowest BCUT2D eigenvalue weighted by Gasteiger charge is -2.31.